The second-order valence-corrected chi connectivity index (χ2v) is 6.55. The van der Waals surface area contributed by atoms with Crippen molar-refractivity contribution in [1.82, 2.24) is 5.32 Å². The van der Waals surface area contributed by atoms with Crippen molar-refractivity contribution < 1.29 is 9.13 Å². The molecule has 1 N–H and O–H groups in total. The topological polar surface area (TPSA) is 21.3 Å². The first-order chi connectivity index (χ1) is 9.86. The molecule has 0 aromatic heterocycles. The Morgan fingerprint density at radius 3 is 2.48 bits per heavy atom. The number of ether oxygens (including phenoxy) is 1. The van der Waals surface area contributed by atoms with Crippen molar-refractivity contribution in [3.63, 3.8) is 0 Å². The minimum Gasteiger partial charge on any atom is -0.375 e. The van der Waals surface area contributed by atoms with Gasteiger partial charge in [-0.15, -0.1) is 0 Å². The van der Waals surface area contributed by atoms with E-state index in [9.17, 15) is 4.39 Å². The molecule has 1 aromatic rings. The van der Waals surface area contributed by atoms with Gasteiger partial charge in [0.15, 0.2) is 0 Å². The first-order valence-electron chi connectivity index (χ1n) is 7.71. The number of aryl methyl sites for hydroxylation is 1. The van der Waals surface area contributed by atoms with E-state index in [4.69, 9.17) is 16.3 Å². The summed E-state index contributed by atoms with van der Waals surface area (Å²) in [5.41, 5.74) is 1.60. The summed E-state index contributed by atoms with van der Waals surface area (Å²) in [4.78, 5) is 0. The van der Waals surface area contributed by atoms with Crippen molar-refractivity contribution in [2.24, 2.45) is 11.8 Å². The summed E-state index contributed by atoms with van der Waals surface area (Å²) in [6.45, 7) is 11.1. The highest BCUT2D eigenvalue weighted by molar-refractivity contribution is 6.31. The lowest BCUT2D eigenvalue weighted by molar-refractivity contribution is 0.0476. The fourth-order valence-corrected chi connectivity index (χ4v) is 3.73. The van der Waals surface area contributed by atoms with Crippen molar-refractivity contribution in [2.45, 2.75) is 52.9 Å². The molecule has 1 aliphatic rings. The summed E-state index contributed by atoms with van der Waals surface area (Å²) in [6, 6.07) is 3.37. The van der Waals surface area contributed by atoms with Gasteiger partial charge in [-0.3, -0.25) is 0 Å². The van der Waals surface area contributed by atoms with Gasteiger partial charge in [0.1, 0.15) is 5.82 Å². The highest BCUT2D eigenvalue weighted by Gasteiger charge is 2.42. The summed E-state index contributed by atoms with van der Waals surface area (Å²) in [6.07, 6.45) is 0.381. The number of hydrogen-bond acceptors (Lipinski definition) is 2. The van der Waals surface area contributed by atoms with Gasteiger partial charge < -0.3 is 10.1 Å². The molecule has 21 heavy (non-hydrogen) atoms. The second-order valence-electron chi connectivity index (χ2n) is 6.14. The first-order valence-corrected chi connectivity index (χ1v) is 8.09. The number of hydrogen-bond donors (Lipinski definition) is 1. The quantitative estimate of drug-likeness (QED) is 0.884. The van der Waals surface area contributed by atoms with Gasteiger partial charge in [0.05, 0.1) is 12.2 Å². The number of nitrogens with one attached hydrogen (secondary N) is 1. The number of halogens is 2. The first kappa shape index (κ1) is 16.7. The standard InChI is InChI=1S/C17H25ClFNO/c1-6-20-17(16-10(3)11(4)21-12(16)5)13-7-9(2)15(19)8-14(13)18/h7-8,10-12,16-17,20H,6H2,1-5H3. The summed E-state index contributed by atoms with van der Waals surface area (Å²) < 4.78 is 19.6. The van der Waals surface area contributed by atoms with E-state index in [1.807, 2.05) is 6.07 Å². The van der Waals surface area contributed by atoms with E-state index in [0.29, 0.717) is 22.4 Å². The Morgan fingerprint density at radius 1 is 1.29 bits per heavy atom. The lowest BCUT2D eigenvalue weighted by Crippen LogP contribution is -2.35. The van der Waals surface area contributed by atoms with E-state index in [-0.39, 0.29) is 24.1 Å². The summed E-state index contributed by atoms with van der Waals surface area (Å²) in [7, 11) is 0. The molecule has 0 saturated carbocycles. The average molecular weight is 314 g/mol. The molecule has 118 valence electrons. The number of rotatable bonds is 4. The minimum absolute atomic E-state index is 0.0803. The Morgan fingerprint density at radius 2 is 1.95 bits per heavy atom. The monoisotopic (exact) mass is 313 g/mol. The van der Waals surface area contributed by atoms with E-state index in [0.717, 1.165) is 12.1 Å². The average Bonchev–Trinajstić information content (AvgIpc) is 2.66. The van der Waals surface area contributed by atoms with Gasteiger partial charge in [0, 0.05) is 17.0 Å². The third kappa shape index (κ3) is 3.25. The molecule has 2 rings (SSSR count). The molecule has 0 bridgehead atoms. The largest absolute Gasteiger partial charge is 0.375 e. The van der Waals surface area contributed by atoms with E-state index in [1.54, 1.807) is 6.92 Å². The predicted octanol–water partition coefficient (Wildman–Crippen LogP) is 4.50. The van der Waals surface area contributed by atoms with Crippen LogP contribution in [-0.4, -0.2) is 18.8 Å². The molecule has 1 saturated heterocycles. The van der Waals surface area contributed by atoms with Gasteiger partial charge in [-0.25, -0.2) is 4.39 Å². The van der Waals surface area contributed by atoms with Gasteiger partial charge >= 0.3 is 0 Å². The molecule has 5 unspecified atom stereocenters. The minimum atomic E-state index is -0.254. The van der Waals surface area contributed by atoms with Crippen LogP contribution in [0.5, 0.6) is 0 Å². The zero-order valence-corrected chi connectivity index (χ0v) is 14.2. The van der Waals surface area contributed by atoms with E-state index in [2.05, 4.69) is 33.0 Å². The van der Waals surface area contributed by atoms with Crippen LogP contribution in [0.25, 0.3) is 0 Å². The Kier molecular flexibility index (Phi) is 5.29. The van der Waals surface area contributed by atoms with E-state index >= 15 is 0 Å². The molecule has 0 amide bonds. The number of benzene rings is 1. The lowest BCUT2D eigenvalue weighted by atomic mass is 9.80. The predicted molar refractivity (Wildman–Crippen MR) is 85.2 cm³/mol. The SMILES string of the molecule is CCNC(c1cc(C)c(F)cc1Cl)C1C(C)OC(C)C1C. The van der Waals surface area contributed by atoms with Gasteiger partial charge in [-0.1, -0.05) is 31.5 Å². The fraction of sp³-hybridized carbons (Fsp3) is 0.647. The molecular formula is C17H25ClFNO. The highest BCUT2D eigenvalue weighted by atomic mass is 35.5. The Hall–Kier alpha value is -0.640. The summed E-state index contributed by atoms with van der Waals surface area (Å²) in [5, 5.41) is 4.01. The third-order valence-electron chi connectivity index (χ3n) is 4.74. The van der Waals surface area contributed by atoms with Crippen LogP contribution < -0.4 is 5.32 Å². The van der Waals surface area contributed by atoms with Crippen molar-refractivity contribution in [1.29, 1.82) is 0 Å². The van der Waals surface area contributed by atoms with Crippen LogP contribution in [0, 0.1) is 24.6 Å². The fourth-order valence-electron chi connectivity index (χ4n) is 3.46. The van der Waals surface area contributed by atoms with Gasteiger partial charge in [-0.05, 0) is 50.4 Å². The smallest absolute Gasteiger partial charge is 0.127 e. The molecule has 5 atom stereocenters. The summed E-state index contributed by atoms with van der Waals surface area (Å²) >= 11 is 6.32. The highest BCUT2D eigenvalue weighted by Crippen LogP contribution is 2.42. The molecule has 0 spiro atoms. The third-order valence-corrected chi connectivity index (χ3v) is 5.07. The van der Waals surface area contributed by atoms with Crippen LogP contribution in [0.2, 0.25) is 5.02 Å². The van der Waals surface area contributed by atoms with Gasteiger partial charge in [0.2, 0.25) is 0 Å². The van der Waals surface area contributed by atoms with Crippen LogP contribution in [0.4, 0.5) is 4.39 Å². The molecule has 1 fully saturated rings. The van der Waals surface area contributed by atoms with Crippen LogP contribution in [0.3, 0.4) is 0 Å². The van der Waals surface area contributed by atoms with Crippen molar-refractivity contribution in [2.75, 3.05) is 6.54 Å². The van der Waals surface area contributed by atoms with Crippen LogP contribution in [0.15, 0.2) is 12.1 Å². The Balaban J connectivity index is 2.42. The van der Waals surface area contributed by atoms with Gasteiger partial charge in [0.25, 0.3) is 0 Å². The van der Waals surface area contributed by atoms with Crippen molar-refractivity contribution in [3.8, 4) is 0 Å². The molecule has 0 radical (unpaired) electrons. The molecule has 1 aliphatic heterocycles. The van der Waals surface area contributed by atoms with Crippen molar-refractivity contribution >= 4 is 11.6 Å². The van der Waals surface area contributed by atoms with E-state index < -0.39 is 0 Å². The Bertz CT molecular complexity index is 508. The molecule has 1 aromatic carbocycles. The maximum Gasteiger partial charge on any atom is 0.127 e. The molecule has 1 heterocycles. The van der Waals surface area contributed by atoms with Crippen LogP contribution in [-0.2, 0) is 4.74 Å². The Labute approximate surface area is 132 Å². The van der Waals surface area contributed by atoms with Crippen LogP contribution in [0.1, 0.15) is 44.9 Å². The molecule has 4 heteroatoms. The normalized spacial score (nSPS) is 30.6. The zero-order chi connectivity index (χ0) is 15.7. The van der Waals surface area contributed by atoms with Crippen LogP contribution >= 0.6 is 11.6 Å². The zero-order valence-electron chi connectivity index (χ0n) is 13.4. The van der Waals surface area contributed by atoms with E-state index in [1.165, 1.54) is 6.07 Å². The second kappa shape index (κ2) is 6.64. The maximum absolute atomic E-state index is 13.7. The van der Waals surface area contributed by atoms with Crippen molar-refractivity contribution in [3.05, 3.63) is 34.1 Å². The molecule has 2 nitrogen and oxygen atoms in total. The lowest BCUT2D eigenvalue weighted by Gasteiger charge is -2.31. The maximum atomic E-state index is 13.7. The summed E-state index contributed by atoms with van der Waals surface area (Å²) in [5.74, 6) is 0.490. The molecule has 0 aliphatic carbocycles. The molecular weight excluding hydrogens is 289 g/mol. The van der Waals surface area contributed by atoms with Gasteiger partial charge in [-0.2, -0.15) is 0 Å².